The number of aryl methyl sites for hydroxylation is 2. The molecule has 3 rings (SSSR count). The summed E-state index contributed by atoms with van der Waals surface area (Å²) >= 11 is 3.08. The molecule has 4 nitrogen and oxygen atoms in total. The molecule has 3 aromatic rings. The van der Waals surface area contributed by atoms with Crippen molar-refractivity contribution < 1.29 is 4.79 Å². The lowest BCUT2D eigenvalue weighted by molar-refractivity contribution is 0.102. The quantitative estimate of drug-likeness (QED) is 0.621. The second kappa shape index (κ2) is 8.17. The van der Waals surface area contributed by atoms with Crippen molar-refractivity contribution in [2.45, 2.75) is 24.5 Å². The van der Waals surface area contributed by atoms with E-state index in [4.69, 9.17) is 5.26 Å². The fraction of sp³-hybridized carbons (Fsp3) is 0.150. The van der Waals surface area contributed by atoms with Gasteiger partial charge >= 0.3 is 0 Å². The van der Waals surface area contributed by atoms with Crippen molar-refractivity contribution in [1.82, 2.24) is 4.98 Å². The standard InChI is InChI=1S/C20H17N3OS2/c1-13-14(2)26-20(22-13)23-19(24)17-5-3-4-6-18(17)25-12-16-9-7-15(11-21)8-10-16/h3-10H,12H2,1-2H3,(H,22,23,24). The maximum Gasteiger partial charge on any atom is 0.258 e. The summed E-state index contributed by atoms with van der Waals surface area (Å²) in [5, 5.41) is 12.4. The molecule has 130 valence electrons. The number of anilines is 1. The van der Waals surface area contributed by atoms with E-state index in [9.17, 15) is 4.79 Å². The first-order valence-electron chi connectivity index (χ1n) is 8.03. The number of hydrogen-bond acceptors (Lipinski definition) is 5. The number of amides is 1. The summed E-state index contributed by atoms with van der Waals surface area (Å²) in [7, 11) is 0. The zero-order chi connectivity index (χ0) is 18.5. The van der Waals surface area contributed by atoms with Crippen LogP contribution in [-0.2, 0) is 5.75 Å². The molecule has 0 atom stereocenters. The van der Waals surface area contributed by atoms with Crippen molar-refractivity contribution in [2.24, 2.45) is 0 Å². The average Bonchev–Trinajstić information content (AvgIpc) is 2.97. The van der Waals surface area contributed by atoms with Crippen LogP contribution in [0.4, 0.5) is 5.13 Å². The van der Waals surface area contributed by atoms with Gasteiger partial charge in [-0.05, 0) is 43.7 Å². The minimum absolute atomic E-state index is 0.151. The Balaban J connectivity index is 1.72. The molecule has 0 saturated carbocycles. The molecular formula is C20H17N3OS2. The van der Waals surface area contributed by atoms with Crippen LogP contribution in [0.25, 0.3) is 0 Å². The molecule has 2 aromatic carbocycles. The molecule has 1 aromatic heterocycles. The van der Waals surface area contributed by atoms with E-state index in [2.05, 4.69) is 16.4 Å². The molecular weight excluding hydrogens is 362 g/mol. The monoisotopic (exact) mass is 379 g/mol. The number of thiazole rings is 1. The molecule has 1 heterocycles. The molecule has 0 aliphatic heterocycles. The Morgan fingerprint density at radius 3 is 2.58 bits per heavy atom. The number of hydrogen-bond donors (Lipinski definition) is 1. The molecule has 0 fully saturated rings. The van der Waals surface area contributed by atoms with Crippen LogP contribution < -0.4 is 5.32 Å². The molecule has 0 bridgehead atoms. The summed E-state index contributed by atoms with van der Waals surface area (Å²) in [4.78, 5) is 19.0. The fourth-order valence-electron chi connectivity index (χ4n) is 2.31. The molecule has 6 heteroatoms. The number of nitrogens with zero attached hydrogens (tertiary/aromatic N) is 2. The van der Waals surface area contributed by atoms with E-state index in [-0.39, 0.29) is 5.91 Å². The summed E-state index contributed by atoms with van der Waals surface area (Å²) < 4.78 is 0. The summed E-state index contributed by atoms with van der Waals surface area (Å²) in [5.74, 6) is 0.576. The van der Waals surface area contributed by atoms with Crippen LogP contribution in [0.5, 0.6) is 0 Å². The van der Waals surface area contributed by atoms with Crippen LogP contribution in [-0.4, -0.2) is 10.9 Å². The molecule has 0 unspecified atom stereocenters. The minimum atomic E-state index is -0.151. The van der Waals surface area contributed by atoms with Crippen molar-refractivity contribution in [3.63, 3.8) is 0 Å². The summed E-state index contributed by atoms with van der Waals surface area (Å²) in [6.45, 7) is 3.92. The molecule has 0 aliphatic carbocycles. The van der Waals surface area contributed by atoms with E-state index < -0.39 is 0 Å². The molecule has 26 heavy (non-hydrogen) atoms. The van der Waals surface area contributed by atoms with Gasteiger partial charge in [-0.25, -0.2) is 4.98 Å². The summed E-state index contributed by atoms with van der Waals surface area (Å²) in [5.41, 5.74) is 3.33. The highest BCUT2D eigenvalue weighted by Gasteiger charge is 2.14. The van der Waals surface area contributed by atoms with E-state index in [0.29, 0.717) is 16.3 Å². The van der Waals surface area contributed by atoms with E-state index in [1.54, 1.807) is 11.8 Å². The normalized spacial score (nSPS) is 10.3. The van der Waals surface area contributed by atoms with Gasteiger partial charge in [0.1, 0.15) is 0 Å². The van der Waals surface area contributed by atoms with Gasteiger partial charge in [-0.15, -0.1) is 23.1 Å². The number of nitriles is 1. The number of aromatic nitrogens is 1. The van der Waals surface area contributed by atoms with Crippen molar-refractivity contribution in [1.29, 1.82) is 5.26 Å². The first-order valence-corrected chi connectivity index (χ1v) is 9.83. The van der Waals surface area contributed by atoms with Crippen molar-refractivity contribution >= 4 is 34.1 Å². The predicted molar refractivity (Wildman–Crippen MR) is 107 cm³/mol. The lowest BCUT2D eigenvalue weighted by Crippen LogP contribution is -2.12. The third-order valence-corrected chi connectivity index (χ3v) is 5.99. The smallest absolute Gasteiger partial charge is 0.258 e. The molecule has 1 amide bonds. The summed E-state index contributed by atoms with van der Waals surface area (Å²) in [6, 6.07) is 17.2. The topological polar surface area (TPSA) is 65.8 Å². The Bertz CT molecular complexity index is 952. The molecule has 0 radical (unpaired) electrons. The fourth-order valence-corrected chi connectivity index (χ4v) is 4.12. The number of rotatable bonds is 5. The number of thioether (sulfide) groups is 1. The van der Waals surface area contributed by atoms with Gasteiger partial charge in [0.05, 0.1) is 22.9 Å². The van der Waals surface area contributed by atoms with Gasteiger partial charge in [-0.2, -0.15) is 5.26 Å². The largest absolute Gasteiger partial charge is 0.298 e. The number of carbonyl (C=O) groups excluding carboxylic acids is 1. The number of benzene rings is 2. The van der Waals surface area contributed by atoms with Crippen LogP contribution in [0.3, 0.4) is 0 Å². The minimum Gasteiger partial charge on any atom is -0.298 e. The summed E-state index contributed by atoms with van der Waals surface area (Å²) in [6.07, 6.45) is 0. The van der Waals surface area contributed by atoms with Gasteiger partial charge in [0, 0.05) is 15.5 Å². The van der Waals surface area contributed by atoms with E-state index in [1.807, 2.05) is 62.4 Å². The number of carbonyl (C=O) groups is 1. The van der Waals surface area contributed by atoms with Gasteiger partial charge in [0.2, 0.25) is 0 Å². The average molecular weight is 380 g/mol. The van der Waals surface area contributed by atoms with Crippen LogP contribution in [0, 0.1) is 25.2 Å². The zero-order valence-electron chi connectivity index (χ0n) is 14.4. The Morgan fingerprint density at radius 1 is 1.19 bits per heavy atom. The lowest BCUT2D eigenvalue weighted by atomic mass is 10.2. The van der Waals surface area contributed by atoms with Gasteiger partial charge in [0.25, 0.3) is 5.91 Å². The van der Waals surface area contributed by atoms with Crippen molar-refractivity contribution in [2.75, 3.05) is 5.32 Å². The highest BCUT2D eigenvalue weighted by atomic mass is 32.2. The Labute approximate surface area is 160 Å². The predicted octanol–water partition coefficient (Wildman–Crippen LogP) is 5.18. The van der Waals surface area contributed by atoms with Crippen LogP contribution in [0.15, 0.2) is 53.4 Å². The highest BCUT2D eigenvalue weighted by molar-refractivity contribution is 7.98. The van der Waals surface area contributed by atoms with Gasteiger partial charge < -0.3 is 0 Å². The first kappa shape index (κ1) is 18.2. The Morgan fingerprint density at radius 2 is 1.92 bits per heavy atom. The van der Waals surface area contributed by atoms with Gasteiger partial charge in [-0.3, -0.25) is 10.1 Å². The van der Waals surface area contributed by atoms with Gasteiger partial charge in [-0.1, -0.05) is 24.3 Å². The Kier molecular flexibility index (Phi) is 5.71. The highest BCUT2D eigenvalue weighted by Crippen LogP contribution is 2.28. The van der Waals surface area contributed by atoms with E-state index >= 15 is 0 Å². The molecule has 1 N–H and O–H groups in total. The Hall–Kier alpha value is -2.62. The third kappa shape index (κ3) is 4.31. The van der Waals surface area contributed by atoms with Crippen molar-refractivity contribution in [3.05, 3.63) is 75.8 Å². The zero-order valence-corrected chi connectivity index (χ0v) is 16.1. The molecule has 0 saturated heterocycles. The van der Waals surface area contributed by atoms with Crippen LogP contribution >= 0.6 is 23.1 Å². The van der Waals surface area contributed by atoms with E-state index in [0.717, 1.165) is 26.8 Å². The SMILES string of the molecule is Cc1nc(NC(=O)c2ccccc2SCc2ccc(C#N)cc2)sc1C. The molecule has 0 spiro atoms. The maximum atomic E-state index is 12.7. The van der Waals surface area contributed by atoms with Crippen molar-refractivity contribution in [3.8, 4) is 6.07 Å². The second-order valence-electron chi connectivity index (χ2n) is 5.71. The van der Waals surface area contributed by atoms with Crippen LogP contribution in [0.2, 0.25) is 0 Å². The first-order chi connectivity index (χ1) is 12.6. The number of nitrogens with one attached hydrogen (secondary N) is 1. The second-order valence-corrected chi connectivity index (χ2v) is 7.93. The molecule has 0 aliphatic rings. The lowest BCUT2D eigenvalue weighted by Gasteiger charge is -2.09. The third-order valence-electron chi connectivity index (χ3n) is 3.86. The van der Waals surface area contributed by atoms with E-state index in [1.165, 1.54) is 11.3 Å². The maximum absolute atomic E-state index is 12.7. The van der Waals surface area contributed by atoms with Crippen LogP contribution in [0.1, 0.15) is 32.1 Å². The van der Waals surface area contributed by atoms with Gasteiger partial charge in [0.15, 0.2) is 5.13 Å².